The molecule has 0 aromatic heterocycles. The van der Waals surface area contributed by atoms with E-state index in [1.54, 1.807) is 0 Å². The normalized spacial score (nSPS) is 15.2. The number of nitrogens with zero attached hydrogens (tertiary/aromatic N) is 1. The van der Waals surface area contributed by atoms with Crippen molar-refractivity contribution in [3.05, 3.63) is 0 Å². The second-order valence-electron chi connectivity index (χ2n) is 4.30. The molecule has 0 saturated heterocycles. The maximum absolute atomic E-state index is 8.99. The van der Waals surface area contributed by atoms with Gasteiger partial charge in [-0.3, -0.25) is 0 Å². The van der Waals surface area contributed by atoms with E-state index in [1.807, 2.05) is 39.8 Å². The molecular formula is C9H21NO2. The summed E-state index contributed by atoms with van der Waals surface area (Å²) in [5, 5.41) is 8.99. The van der Waals surface area contributed by atoms with Gasteiger partial charge in [0.2, 0.25) is 0 Å². The zero-order valence-electron chi connectivity index (χ0n) is 8.79. The molecule has 74 valence electrons. The van der Waals surface area contributed by atoms with Crippen LogP contribution in [0.1, 0.15) is 20.8 Å². The van der Waals surface area contributed by atoms with Crippen LogP contribution in [-0.4, -0.2) is 49.0 Å². The fraction of sp³-hybridized carbons (Fsp3) is 1.00. The van der Waals surface area contributed by atoms with Crippen molar-refractivity contribution < 1.29 is 9.84 Å². The summed E-state index contributed by atoms with van der Waals surface area (Å²) in [5.41, 5.74) is -0.177. The van der Waals surface area contributed by atoms with E-state index in [0.29, 0.717) is 0 Å². The van der Waals surface area contributed by atoms with E-state index in [2.05, 4.69) is 0 Å². The Morgan fingerprint density at radius 2 is 1.83 bits per heavy atom. The lowest BCUT2D eigenvalue weighted by Crippen LogP contribution is -2.37. The largest absolute Gasteiger partial charge is 0.394 e. The molecule has 0 aromatic rings. The topological polar surface area (TPSA) is 32.7 Å². The molecule has 1 unspecified atom stereocenters. The van der Waals surface area contributed by atoms with Crippen LogP contribution < -0.4 is 0 Å². The van der Waals surface area contributed by atoms with Gasteiger partial charge in [0.15, 0.2) is 0 Å². The molecule has 0 saturated carbocycles. The molecule has 0 aliphatic rings. The van der Waals surface area contributed by atoms with E-state index >= 15 is 0 Å². The first-order chi connectivity index (χ1) is 5.35. The minimum Gasteiger partial charge on any atom is -0.394 e. The smallest absolute Gasteiger partial charge is 0.0939 e. The summed E-state index contributed by atoms with van der Waals surface area (Å²) in [5.74, 6) is 0. The minimum absolute atomic E-state index is 0.0788. The highest BCUT2D eigenvalue weighted by molar-refractivity contribution is 4.67. The van der Waals surface area contributed by atoms with Crippen molar-refractivity contribution >= 4 is 0 Å². The Bertz CT molecular complexity index is 118. The minimum atomic E-state index is -0.177. The van der Waals surface area contributed by atoms with Crippen molar-refractivity contribution in [2.45, 2.75) is 32.5 Å². The lowest BCUT2D eigenvalue weighted by molar-refractivity contribution is -0.0868. The Hall–Kier alpha value is -0.120. The predicted octanol–water partition coefficient (Wildman–Crippen LogP) is 0.724. The number of likely N-dealkylation sites (N-methyl/N-ethyl adjacent to an activating group) is 1. The Morgan fingerprint density at radius 1 is 1.33 bits per heavy atom. The molecule has 0 aliphatic carbocycles. The fourth-order valence-corrected chi connectivity index (χ4v) is 1.04. The number of hydrogen-bond donors (Lipinski definition) is 1. The lowest BCUT2D eigenvalue weighted by Gasteiger charge is -2.28. The number of rotatable bonds is 4. The molecule has 0 fully saturated rings. The number of hydrogen-bond acceptors (Lipinski definition) is 3. The first-order valence-electron chi connectivity index (χ1n) is 4.28. The molecule has 0 rings (SSSR count). The van der Waals surface area contributed by atoms with Crippen LogP contribution in [-0.2, 0) is 4.74 Å². The maximum atomic E-state index is 8.99. The Kier molecular flexibility index (Phi) is 4.75. The van der Waals surface area contributed by atoms with Crippen LogP contribution in [0, 0.1) is 0 Å². The molecular weight excluding hydrogens is 154 g/mol. The predicted molar refractivity (Wildman–Crippen MR) is 50.3 cm³/mol. The van der Waals surface area contributed by atoms with Crippen LogP contribution in [0.3, 0.4) is 0 Å². The van der Waals surface area contributed by atoms with Crippen molar-refractivity contribution in [1.82, 2.24) is 4.90 Å². The third kappa shape index (κ3) is 6.58. The van der Waals surface area contributed by atoms with E-state index in [9.17, 15) is 0 Å². The monoisotopic (exact) mass is 175 g/mol. The first kappa shape index (κ1) is 11.9. The van der Waals surface area contributed by atoms with Gasteiger partial charge in [0.25, 0.3) is 0 Å². The molecule has 1 N–H and O–H groups in total. The van der Waals surface area contributed by atoms with Gasteiger partial charge >= 0.3 is 0 Å². The third-order valence-electron chi connectivity index (χ3n) is 1.29. The quantitative estimate of drug-likeness (QED) is 0.683. The van der Waals surface area contributed by atoms with Crippen LogP contribution in [0.2, 0.25) is 0 Å². The summed E-state index contributed by atoms with van der Waals surface area (Å²) in [6.07, 6.45) is -0.0833. The fourth-order valence-electron chi connectivity index (χ4n) is 1.04. The molecule has 0 aliphatic heterocycles. The molecule has 0 spiro atoms. The highest BCUT2D eigenvalue weighted by Gasteiger charge is 2.18. The molecule has 3 nitrogen and oxygen atoms in total. The highest BCUT2D eigenvalue weighted by atomic mass is 16.5. The van der Waals surface area contributed by atoms with Gasteiger partial charge in [-0.25, -0.2) is 0 Å². The van der Waals surface area contributed by atoms with Gasteiger partial charge in [-0.2, -0.15) is 0 Å². The van der Waals surface area contributed by atoms with E-state index in [1.165, 1.54) is 0 Å². The van der Waals surface area contributed by atoms with E-state index < -0.39 is 0 Å². The van der Waals surface area contributed by atoms with E-state index in [0.717, 1.165) is 6.54 Å². The summed E-state index contributed by atoms with van der Waals surface area (Å²) in [7, 11) is 3.93. The second-order valence-corrected chi connectivity index (χ2v) is 4.30. The molecule has 0 radical (unpaired) electrons. The van der Waals surface area contributed by atoms with Gasteiger partial charge in [0.1, 0.15) is 0 Å². The van der Waals surface area contributed by atoms with Crippen molar-refractivity contribution in [3.8, 4) is 0 Å². The second kappa shape index (κ2) is 4.80. The summed E-state index contributed by atoms with van der Waals surface area (Å²) in [6.45, 7) is 6.81. The first-order valence-corrected chi connectivity index (χ1v) is 4.28. The molecule has 3 heteroatoms. The van der Waals surface area contributed by atoms with Gasteiger partial charge in [-0.1, -0.05) is 0 Å². The highest BCUT2D eigenvalue weighted by Crippen LogP contribution is 2.10. The van der Waals surface area contributed by atoms with Crippen LogP contribution >= 0.6 is 0 Å². The summed E-state index contributed by atoms with van der Waals surface area (Å²) in [6, 6.07) is 0. The number of aliphatic hydroxyl groups excluding tert-OH is 1. The molecule has 0 amide bonds. The lowest BCUT2D eigenvalue weighted by atomic mass is 10.2. The van der Waals surface area contributed by atoms with Gasteiger partial charge in [0, 0.05) is 6.54 Å². The van der Waals surface area contributed by atoms with Crippen molar-refractivity contribution in [1.29, 1.82) is 0 Å². The van der Waals surface area contributed by atoms with Crippen LogP contribution in [0.15, 0.2) is 0 Å². The van der Waals surface area contributed by atoms with Crippen LogP contribution in [0.4, 0.5) is 0 Å². The van der Waals surface area contributed by atoms with Gasteiger partial charge in [0.05, 0.1) is 18.3 Å². The molecule has 0 aromatic carbocycles. The van der Waals surface area contributed by atoms with Crippen molar-refractivity contribution in [2.75, 3.05) is 27.2 Å². The average molecular weight is 175 g/mol. The molecule has 0 heterocycles. The summed E-state index contributed by atoms with van der Waals surface area (Å²) >= 11 is 0. The van der Waals surface area contributed by atoms with Crippen LogP contribution in [0.25, 0.3) is 0 Å². The maximum Gasteiger partial charge on any atom is 0.0939 e. The third-order valence-corrected chi connectivity index (χ3v) is 1.29. The Balaban J connectivity index is 3.83. The van der Waals surface area contributed by atoms with Crippen LogP contribution in [0.5, 0.6) is 0 Å². The molecule has 0 bridgehead atoms. The van der Waals surface area contributed by atoms with E-state index in [-0.39, 0.29) is 18.3 Å². The van der Waals surface area contributed by atoms with Gasteiger partial charge in [-0.05, 0) is 34.9 Å². The molecule has 12 heavy (non-hydrogen) atoms. The van der Waals surface area contributed by atoms with Gasteiger partial charge in [-0.15, -0.1) is 0 Å². The zero-order chi connectivity index (χ0) is 9.78. The Morgan fingerprint density at radius 3 is 2.08 bits per heavy atom. The average Bonchev–Trinajstić information content (AvgIpc) is 1.82. The van der Waals surface area contributed by atoms with Crippen molar-refractivity contribution in [2.24, 2.45) is 0 Å². The Labute approximate surface area is 75.3 Å². The van der Waals surface area contributed by atoms with E-state index in [4.69, 9.17) is 9.84 Å². The van der Waals surface area contributed by atoms with Crippen molar-refractivity contribution in [3.63, 3.8) is 0 Å². The standard InChI is InChI=1S/C9H21NO2/c1-9(2,3)12-8(7-11)6-10(4)5/h8,11H,6-7H2,1-5H3. The summed E-state index contributed by atoms with van der Waals surface area (Å²) in [4.78, 5) is 2.01. The number of ether oxygens (including phenoxy) is 1. The SMILES string of the molecule is CN(C)CC(CO)OC(C)(C)C. The van der Waals surface area contributed by atoms with Gasteiger partial charge < -0.3 is 14.7 Å². The molecule has 1 atom stereocenters. The summed E-state index contributed by atoms with van der Waals surface area (Å²) < 4.78 is 5.61. The number of aliphatic hydroxyl groups is 1. The zero-order valence-corrected chi connectivity index (χ0v) is 8.79.